The van der Waals surface area contributed by atoms with Crippen molar-refractivity contribution >= 4 is 5.91 Å². The van der Waals surface area contributed by atoms with Crippen LogP contribution in [-0.2, 0) is 0 Å². The molecule has 2 nitrogen and oxygen atoms in total. The quantitative estimate of drug-likeness (QED) is 0.816. The first-order chi connectivity index (χ1) is 8.66. The summed E-state index contributed by atoms with van der Waals surface area (Å²) in [4.78, 5) is 11.9. The average Bonchev–Trinajstić information content (AvgIpc) is 2.40. The minimum Gasteiger partial charge on any atom is -0.352 e. The van der Waals surface area contributed by atoms with Crippen LogP contribution in [0.25, 0.3) is 0 Å². The highest BCUT2D eigenvalue weighted by molar-refractivity contribution is 5.94. The molecule has 0 aromatic heterocycles. The van der Waals surface area contributed by atoms with E-state index >= 15 is 0 Å². The summed E-state index contributed by atoms with van der Waals surface area (Å²) in [6.45, 7) is 2.47. The smallest absolute Gasteiger partial charge is 0.254 e. The number of carbonyl (C=O) groups excluding carboxylic acids is 1. The highest BCUT2D eigenvalue weighted by atomic mass is 19.1. The zero-order valence-electron chi connectivity index (χ0n) is 10.6. The van der Waals surface area contributed by atoms with Crippen molar-refractivity contribution in [3.05, 3.63) is 47.3 Å². The van der Waals surface area contributed by atoms with E-state index in [0.717, 1.165) is 24.8 Å². The van der Waals surface area contributed by atoms with E-state index in [2.05, 4.69) is 17.5 Å². The third kappa shape index (κ3) is 3.19. The lowest BCUT2D eigenvalue weighted by Gasteiger charge is -2.18. The predicted octanol–water partition coefficient (Wildman–Crippen LogP) is 3.22. The molecule has 2 rings (SSSR count). The first-order valence-corrected chi connectivity index (χ1v) is 6.36. The van der Waals surface area contributed by atoms with Crippen LogP contribution in [0.3, 0.4) is 0 Å². The molecule has 1 aromatic carbocycles. The van der Waals surface area contributed by atoms with Gasteiger partial charge in [0.1, 0.15) is 5.82 Å². The monoisotopic (exact) mass is 247 g/mol. The Bertz CT molecular complexity index is 468. The van der Waals surface area contributed by atoms with Crippen molar-refractivity contribution < 1.29 is 9.18 Å². The third-order valence-corrected chi connectivity index (χ3v) is 3.30. The number of aryl methyl sites for hydroxylation is 1. The number of amides is 1. The molecule has 1 aliphatic rings. The van der Waals surface area contributed by atoms with Gasteiger partial charge in [0.2, 0.25) is 0 Å². The summed E-state index contributed by atoms with van der Waals surface area (Å²) >= 11 is 0. The maximum atomic E-state index is 13.5. The molecule has 0 saturated carbocycles. The van der Waals surface area contributed by atoms with E-state index in [1.165, 1.54) is 6.07 Å². The highest BCUT2D eigenvalue weighted by Gasteiger charge is 2.14. The standard InChI is InChI=1S/C15H18FNO/c1-11-7-8-14(16)13(9-11)15(18)17-10-12-5-3-2-4-6-12/h2-3,7-9,12H,4-6,10H2,1H3,(H,17,18). The number of rotatable bonds is 3. The molecule has 96 valence electrons. The second kappa shape index (κ2) is 5.80. The molecule has 0 bridgehead atoms. The van der Waals surface area contributed by atoms with Gasteiger partial charge < -0.3 is 5.32 Å². The van der Waals surface area contributed by atoms with E-state index in [-0.39, 0.29) is 11.5 Å². The molecule has 18 heavy (non-hydrogen) atoms. The van der Waals surface area contributed by atoms with Gasteiger partial charge >= 0.3 is 0 Å². The molecule has 0 radical (unpaired) electrons. The Kier molecular flexibility index (Phi) is 4.13. The second-order valence-corrected chi connectivity index (χ2v) is 4.84. The van der Waals surface area contributed by atoms with Crippen molar-refractivity contribution in [2.24, 2.45) is 5.92 Å². The molecule has 1 amide bonds. The highest BCUT2D eigenvalue weighted by Crippen LogP contribution is 2.17. The lowest BCUT2D eigenvalue weighted by molar-refractivity contribution is 0.0942. The van der Waals surface area contributed by atoms with Gasteiger partial charge in [0.05, 0.1) is 5.56 Å². The van der Waals surface area contributed by atoms with Crippen molar-refractivity contribution in [3.8, 4) is 0 Å². The largest absolute Gasteiger partial charge is 0.352 e. The van der Waals surface area contributed by atoms with E-state index in [9.17, 15) is 9.18 Å². The average molecular weight is 247 g/mol. The van der Waals surface area contributed by atoms with Gasteiger partial charge in [-0.3, -0.25) is 4.79 Å². The van der Waals surface area contributed by atoms with Gasteiger partial charge in [-0.1, -0.05) is 23.8 Å². The Hall–Kier alpha value is -1.64. The minimum atomic E-state index is -0.457. The van der Waals surface area contributed by atoms with E-state index < -0.39 is 5.82 Å². The van der Waals surface area contributed by atoms with Crippen LogP contribution in [0.1, 0.15) is 35.2 Å². The first-order valence-electron chi connectivity index (χ1n) is 6.36. The maximum Gasteiger partial charge on any atom is 0.254 e. The van der Waals surface area contributed by atoms with Gasteiger partial charge in [0.25, 0.3) is 5.91 Å². The Morgan fingerprint density at radius 1 is 1.44 bits per heavy atom. The zero-order chi connectivity index (χ0) is 13.0. The third-order valence-electron chi connectivity index (χ3n) is 3.30. The summed E-state index contributed by atoms with van der Waals surface area (Å²) in [6.07, 6.45) is 7.47. The Morgan fingerprint density at radius 3 is 3.00 bits per heavy atom. The van der Waals surface area contributed by atoms with Crippen LogP contribution in [-0.4, -0.2) is 12.5 Å². The maximum absolute atomic E-state index is 13.5. The molecule has 1 atom stereocenters. The molecule has 3 heteroatoms. The fraction of sp³-hybridized carbons (Fsp3) is 0.400. The van der Waals surface area contributed by atoms with E-state index in [4.69, 9.17) is 0 Å². The molecule has 0 heterocycles. The Labute approximate surface area is 107 Å². The topological polar surface area (TPSA) is 29.1 Å². The molecule has 1 N–H and O–H groups in total. The molecule has 0 spiro atoms. The predicted molar refractivity (Wildman–Crippen MR) is 70.0 cm³/mol. The molecular weight excluding hydrogens is 229 g/mol. The van der Waals surface area contributed by atoms with Crippen LogP contribution in [0.2, 0.25) is 0 Å². The number of hydrogen-bond donors (Lipinski definition) is 1. The fourth-order valence-corrected chi connectivity index (χ4v) is 2.19. The van der Waals surface area contributed by atoms with Gasteiger partial charge in [0.15, 0.2) is 0 Å². The van der Waals surface area contributed by atoms with Crippen LogP contribution in [0.4, 0.5) is 4.39 Å². The normalized spacial score (nSPS) is 18.7. The van der Waals surface area contributed by atoms with Crippen LogP contribution >= 0.6 is 0 Å². The number of carbonyl (C=O) groups is 1. The summed E-state index contributed by atoms with van der Waals surface area (Å²) < 4.78 is 13.5. The van der Waals surface area contributed by atoms with E-state index in [0.29, 0.717) is 12.5 Å². The number of allylic oxidation sites excluding steroid dienone is 2. The van der Waals surface area contributed by atoms with Gasteiger partial charge in [-0.15, -0.1) is 0 Å². The van der Waals surface area contributed by atoms with Gasteiger partial charge in [-0.05, 0) is 44.2 Å². The van der Waals surface area contributed by atoms with Crippen molar-refractivity contribution in [1.82, 2.24) is 5.32 Å². The molecule has 1 aromatic rings. The fourth-order valence-electron chi connectivity index (χ4n) is 2.19. The minimum absolute atomic E-state index is 0.140. The van der Waals surface area contributed by atoms with Gasteiger partial charge in [0, 0.05) is 6.54 Å². The summed E-state index contributed by atoms with van der Waals surface area (Å²) in [5.74, 6) is -0.292. The number of benzene rings is 1. The second-order valence-electron chi connectivity index (χ2n) is 4.84. The summed E-state index contributed by atoms with van der Waals surface area (Å²) in [7, 11) is 0. The van der Waals surface area contributed by atoms with Crippen LogP contribution in [0, 0.1) is 18.7 Å². The van der Waals surface area contributed by atoms with Crippen molar-refractivity contribution in [2.75, 3.05) is 6.54 Å². The van der Waals surface area contributed by atoms with Crippen molar-refractivity contribution in [3.63, 3.8) is 0 Å². The van der Waals surface area contributed by atoms with Crippen molar-refractivity contribution in [1.29, 1.82) is 0 Å². The summed E-state index contributed by atoms with van der Waals surface area (Å²) in [6, 6.07) is 4.59. The number of nitrogens with one attached hydrogen (secondary N) is 1. The number of halogens is 1. The molecule has 0 saturated heterocycles. The van der Waals surface area contributed by atoms with E-state index in [1.54, 1.807) is 12.1 Å². The molecular formula is C15H18FNO. The van der Waals surface area contributed by atoms with Crippen LogP contribution < -0.4 is 5.32 Å². The molecule has 0 aliphatic heterocycles. The van der Waals surface area contributed by atoms with E-state index in [1.807, 2.05) is 6.92 Å². The Morgan fingerprint density at radius 2 is 2.28 bits per heavy atom. The zero-order valence-corrected chi connectivity index (χ0v) is 10.6. The van der Waals surface area contributed by atoms with Gasteiger partial charge in [-0.25, -0.2) is 4.39 Å². The summed E-state index contributed by atoms with van der Waals surface area (Å²) in [5.41, 5.74) is 1.03. The first kappa shape index (κ1) is 12.8. The summed E-state index contributed by atoms with van der Waals surface area (Å²) in [5, 5.41) is 2.82. The lowest BCUT2D eigenvalue weighted by atomic mass is 9.94. The van der Waals surface area contributed by atoms with Crippen LogP contribution in [0.15, 0.2) is 30.4 Å². The molecule has 0 fully saturated rings. The lowest BCUT2D eigenvalue weighted by Crippen LogP contribution is -2.30. The van der Waals surface area contributed by atoms with Crippen LogP contribution in [0.5, 0.6) is 0 Å². The van der Waals surface area contributed by atoms with Crippen molar-refractivity contribution in [2.45, 2.75) is 26.2 Å². The molecule has 1 aliphatic carbocycles. The van der Waals surface area contributed by atoms with Gasteiger partial charge in [-0.2, -0.15) is 0 Å². The Balaban J connectivity index is 1.95. The molecule has 1 unspecified atom stereocenters. The SMILES string of the molecule is Cc1ccc(F)c(C(=O)NCC2CC=CCC2)c1. The number of hydrogen-bond acceptors (Lipinski definition) is 1.